The molecule has 0 bridgehead atoms. The van der Waals surface area contributed by atoms with Crippen LogP contribution in [0.1, 0.15) is 137 Å². The first-order valence-corrected chi connectivity index (χ1v) is 28.5. The number of aliphatic carboxylic acids is 1. The Kier molecular flexibility index (Phi) is 26.3. The van der Waals surface area contributed by atoms with Crippen molar-refractivity contribution in [2.75, 3.05) is 53.3 Å². The summed E-state index contributed by atoms with van der Waals surface area (Å²) >= 11 is 0. The summed E-state index contributed by atoms with van der Waals surface area (Å²) in [7, 11) is 6.23. The largest absolute Gasteiger partial charge is 0.481 e. The molecule has 0 radical (unpaired) electrons. The monoisotopic (exact) mass is 1100 g/mol. The Morgan fingerprint density at radius 3 is 2.04 bits per heavy atom. The summed E-state index contributed by atoms with van der Waals surface area (Å²) in [4.78, 5) is 126. The number of benzene rings is 2. The number of imide groups is 1. The maximum atomic E-state index is 14.8. The molecular formula is C61H91N5O13. The lowest BCUT2D eigenvalue weighted by atomic mass is 9.83. The lowest BCUT2D eigenvalue weighted by Crippen LogP contribution is -2.54. The first kappa shape index (κ1) is 65.5. The van der Waals surface area contributed by atoms with E-state index in [-0.39, 0.29) is 110 Å². The van der Waals surface area contributed by atoms with E-state index in [2.05, 4.69) is 5.32 Å². The smallest absolute Gasteiger partial charge is 0.410 e. The normalized spacial score (nSPS) is 18.6. The van der Waals surface area contributed by atoms with Gasteiger partial charge in [-0.05, 0) is 73.1 Å². The molecule has 2 aliphatic heterocycles. The van der Waals surface area contributed by atoms with Gasteiger partial charge in [-0.15, -0.1) is 0 Å². The van der Waals surface area contributed by atoms with Gasteiger partial charge in [0.15, 0.2) is 11.6 Å². The molecule has 18 nitrogen and oxygen atoms in total. The molecule has 0 spiro atoms. The number of rotatable bonds is 34. The Hall–Kier alpha value is -6.01. The number of likely N-dealkylation sites (N-methyl/N-ethyl adjacent to an activating group) is 2. The van der Waals surface area contributed by atoms with Crippen LogP contribution in [0.25, 0.3) is 0 Å². The van der Waals surface area contributed by atoms with Gasteiger partial charge in [-0.25, -0.2) is 4.79 Å². The molecule has 438 valence electrons. The molecule has 4 rings (SSSR count). The molecule has 79 heavy (non-hydrogen) atoms. The van der Waals surface area contributed by atoms with Crippen molar-refractivity contribution in [3.05, 3.63) is 65.7 Å². The highest BCUT2D eigenvalue weighted by Crippen LogP contribution is 2.32. The van der Waals surface area contributed by atoms with Crippen molar-refractivity contribution < 1.29 is 62.5 Å². The van der Waals surface area contributed by atoms with Gasteiger partial charge >= 0.3 is 12.1 Å². The van der Waals surface area contributed by atoms with Gasteiger partial charge in [-0.1, -0.05) is 111 Å². The summed E-state index contributed by atoms with van der Waals surface area (Å²) in [6.07, 6.45) is 2.31. The van der Waals surface area contributed by atoms with E-state index in [1.807, 2.05) is 71.9 Å². The fraction of sp³-hybridized carbons (Fsp3) is 0.656. The van der Waals surface area contributed by atoms with Gasteiger partial charge in [0.1, 0.15) is 12.4 Å². The van der Waals surface area contributed by atoms with Gasteiger partial charge in [0.05, 0.1) is 49.2 Å². The Labute approximate surface area is 469 Å². The van der Waals surface area contributed by atoms with Crippen molar-refractivity contribution in [2.24, 2.45) is 41.4 Å². The molecule has 0 aliphatic carbocycles. The number of carbonyl (C=O) groups is 9. The van der Waals surface area contributed by atoms with E-state index in [1.54, 1.807) is 55.0 Å². The summed E-state index contributed by atoms with van der Waals surface area (Å²) in [5, 5.41) is 13.2. The third-order valence-corrected chi connectivity index (χ3v) is 16.3. The molecule has 2 saturated heterocycles. The Balaban J connectivity index is 1.33. The highest BCUT2D eigenvalue weighted by Gasteiger charge is 2.44. The molecule has 2 aromatic carbocycles. The van der Waals surface area contributed by atoms with Crippen LogP contribution in [0, 0.1) is 41.4 Å². The van der Waals surface area contributed by atoms with E-state index in [9.17, 15) is 48.3 Å². The number of hydrogen-bond donors (Lipinski definition) is 2. The topological polar surface area (TPSA) is 227 Å². The second-order valence-corrected chi connectivity index (χ2v) is 22.7. The SMILES string of the molecule is CC[C@H](C)[C@@H]([C@@H](CC(=O)N1CCC[C@H]1[C@H](OC)[C@@H](C)C(=O)C[C@@H](Cc1ccccc1)C(=O)O)OC)N(C)C(=O)[C@@H](CC(=O)[C@H](C(C)C)N(C)C(=O)OCc1ccc(NCC(=O)CCCCCN2C(=O)CC(C)C2=O)cc1)C(C)C. The first-order chi connectivity index (χ1) is 37.4. The molecule has 2 aromatic rings. The maximum absolute atomic E-state index is 14.8. The van der Waals surface area contributed by atoms with Crippen LogP contribution in [0.15, 0.2) is 54.6 Å². The first-order valence-electron chi connectivity index (χ1n) is 28.5. The number of ether oxygens (including phenoxy) is 3. The highest BCUT2D eigenvalue weighted by molar-refractivity contribution is 6.03. The number of carboxylic acid groups (broad SMARTS) is 1. The van der Waals surface area contributed by atoms with Crippen molar-refractivity contribution in [1.29, 1.82) is 0 Å². The number of anilines is 1. The average molecular weight is 1100 g/mol. The minimum atomic E-state index is -1.05. The lowest BCUT2D eigenvalue weighted by molar-refractivity contribution is -0.149. The van der Waals surface area contributed by atoms with Crippen molar-refractivity contribution in [3.8, 4) is 0 Å². The van der Waals surface area contributed by atoms with E-state index in [4.69, 9.17) is 14.2 Å². The van der Waals surface area contributed by atoms with E-state index in [0.29, 0.717) is 62.9 Å². The van der Waals surface area contributed by atoms with Crippen LogP contribution in [0.3, 0.4) is 0 Å². The maximum Gasteiger partial charge on any atom is 0.410 e. The minimum Gasteiger partial charge on any atom is -0.481 e. The molecule has 0 aromatic heterocycles. The van der Waals surface area contributed by atoms with Gasteiger partial charge in [0.25, 0.3) is 0 Å². The van der Waals surface area contributed by atoms with Crippen LogP contribution >= 0.6 is 0 Å². The minimum absolute atomic E-state index is 0.0336. The quantitative estimate of drug-likeness (QED) is 0.0497. The number of nitrogens with one attached hydrogen (secondary N) is 1. The molecule has 18 heteroatoms. The Morgan fingerprint density at radius 1 is 0.797 bits per heavy atom. The van der Waals surface area contributed by atoms with Crippen molar-refractivity contribution in [1.82, 2.24) is 19.6 Å². The molecule has 2 aliphatic rings. The van der Waals surface area contributed by atoms with E-state index >= 15 is 0 Å². The van der Waals surface area contributed by atoms with E-state index in [1.165, 1.54) is 31.1 Å². The molecule has 5 amide bonds. The van der Waals surface area contributed by atoms with Crippen molar-refractivity contribution in [3.63, 3.8) is 0 Å². The predicted molar refractivity (Wildman–Crippen MR) is 300 cm³/mol. The second-order valence-electron chi connectivity index (χ2n) is 22.7. The van der Waals surface area contributed by atoms with E-state index < -0.39 is 60.1 Å². The van der Waals surface area contributed by atoms with Gasteiger partial charge < -0.3 is 39.3 Å². The number of nitrogens with zero attached hydrogens (tertiary/aromatic N) is 4. The molecular weight excluding hydrogens is 1010 g/mol. The van der Waals surface area contributed by atoms with Gasteiger partial charge in [-0.2, -0.15) is 0 Å². The van der Waals surface area contributed by atoms with E-state index in [0.717, 1.165) is 12.0 Å². The second kappa shape index (κ2) is 31.7. The van der Waals surface area contributed by atoms with Gasteiger partial charge in [0, 0.05) is 90.5 Å². The zero-order chi connectivity index (χ0) is 58.7. The number of amides is 5. The molecule has 2 N–H and O–H groups in total. The number of ketones is 3. The predicted octanol–water partition coefficient (Wildman–Crippen LogP) is 8.27. The molecule has 1 unspecified atom stereocenters. The van der Waals surface area contributed by atoms with Crippen LogP contribution in [0.5, 0.6) is 0 Å². The number of carbonyl (C=O) groups excluding carboxylic acids is 8. The Bertz CT molecular complexity index is 2360. The third-order valence-electron chi connectivity index (χ3n) is 16.3. The van der Waals surface area contributed by atoms with Crippen LogP contribution in [-0.2, 0) is 65.6 Å². The van der Waals surface area contributed by atoms with Crippen molar-refractivity contribution in [2.45, 2.75) is 169 Å². The van der Waals surface area contributed by atoms with Crippen LogP contribution < -0.4 is 5.32 Å². The summed E-state index contributed by atoms with van der Waals surface area (Å²) in [6, 6.07) is 14.4. The summed E-state index contributed by atoms with van der Waals surface area (Å²) in [5.41, 5.74) is 2.23. The standard InChI is InChI=1S/C61H91N5O13/c1-13-40(6)56(52(77-11)35-54(71)65-30-20-24-49(65)57(78-12)42(8)50(68)33-45(60(74)75)32-43-21-16-14-17-22-43)63(9)59(73)48(38(2)3)34-51(69)55(39(4)5)64(10)61(76)79-37-44-25-27-46(28-26-44)62-36-47(67)23-18-15-19-29-66-53(70)31-41(7)58(66)72/h14,16-17,21-22,25-28,38-42,45,48-49,52,55-57,62H,13,15,18-20,23-24,29-37H2,1-12H3,(H,74,75)/t40-,41?,42-,45+,48-,49-,52+,55-,56-,57+/m0/s1. The number of hydrogen-bond acceptors (Lipinski definition) is 13. The number of unbranched alkanes of at least 4 members (excludes halogenated alkanes) is 2. The molecule has 10 atom stereocenters. The molecule has 2 heterocycles. The van der Waals surface area contributed by atoms with Gasteiger partial charge in [0.2, 0.25) is 23.6 Å². The van der Waals surface area contributed by atoms with Crippen LogP contribution in [0.2, 0.25) is 0 Å². The van der Waals surface area contributed by atoms with Gasteiger partial charge in [-0.3, -0.25) is 43.3 Å². The lowest BCUT2D eigenvalue weighted by Gasteiger charge is -2.41. The molecule has 2 fully saturated rings. The number of carboxylic acids is 1. The summed E-state index contributed by atoms with van der Waals surface area (Å²) < 4.78 is 17.7. The summed E-state index contributed by atoms with van der Waals surface area (Å²) in [6.45, 7) is 15.8. The zero-order valence-corrected chi connectivity index (χ0v) is 49.1. The third kappa shape index (κ3) is 18.5. The fourth-order valence-electron chi connectivity index (χ4n) is 11.4. The van der Waals surface area contributed by atoms with Crippen LogP contribution in [-0.4, -0.2) is 156 Å². The summed E-state index contributed by atoms with van der Waals surface area (Å²) in [5.74, 6) is -5.68. The number of Topliss-reactive ketones (excluding diaryl/α,β-unsaturated/α-hetero) is 3. The molecule has 0 saturated carbocycles. The Morgan fingerprint density at radius 2 is 1.47 bits per heavy atom. The number of methoxy groups -OCH3 is 2. The zero-order valence-electron chi connectivity index (χ0n) is 49.1. The fourth-order valence-corrected chi connectivity index (χ4v) is 11.4. The van der Waals surface area contributed by atoms with Crippen LogP contribution in [0.4, 0.5) is 10.5 Å². The number of likely N-dealkylation sites (tertiary alicyclic amines) is 2. The average Bonchev–Trinajstić information content (AvgIpc) is 4.02. The van der Waals surface area contributed by atoms with Crippen molar-refractivity contribution >= 4 is 58.7 Å². The highest BCUT2D eigenvalue weighted by atomic mass is 16.6.